The van der Waals surface area contributed by atoms with Gasteiger partial charge in [0.1, 0.15) is 0 Å². The van der Waals surface area contributed by atoms with Gasteiger partial charge in [0.15, 0.2) is 0 Å². The third-order valence-electron chi connectivity index (χ3n) is 3.64. The van der Waals surface area contributed by atoms with Crippen molar-refractivity contribution < 1.29 is 9.53 Å². The van der Waals surface area contributed by atoms with Gasteiger partial charge in [0.05, 0.1) is 35.9 Å². The Kier molecular flexibility index (Phi) is 4.86. The quantitative estimate of drug-likeness (QED) is 0.803. The van der Waals surface area contributed by atoms with E-state index in [9.17, 15) is 4.79 Å². The number of carbonyl (C=O) groups is 1. The molecule has 1 saturated heterocycles. The van der Waals surface area contributed by atoms with E-state index in [0.29, 0.717) is 17.0 Å². The van der Waals surface area contributed by atoms with E-state index in [4.69, 9.17) is 21.6 Å². The minimum Gasteiger partial charge on any atom is -0.469 e. The molecule has 1 heterocycles. The maximum atomic E-state index is 11.5. The van der Waals surface area contributed by atoms with Crippen molar-refractivity contribution in [1.29, 1.82) is 5.26 Å². The SMILES string of the molecule is COC(=O)CC1CCCCN1c1ccc(C#N)cc1Cl. The molecule has 0 saturated carbocycles. The lowest BCUT2D eigenvalue weighted by molar-refractivity contribution is -0.141. The van der Waals surface area contributed by atoms with Crippen molar-refractivity contribution in [2.75, 3.05) is 18.6 Å². The Morgan fingerprint density at radius 2 is 2.35 bits per heavy atom. The number of piperidine rings is 1. The summed E-state index contributed by atoms with van der Waals surface area (Å²) in [6, 6.07) is 7.47. The molecule has 1 aromatic carbocycles. The lowest BCUT2D eigenvalue weighted by Crippen LogP contribution is -2.41. The van der Waals surface area contributed by atoms with Crippen LogP contribution in [0.1, 0.15) is 31.2 Å². The van der Waals surface area contributed by atoms with Gasteiger partial charge in [-0.05, 0) is 37.5 Å². The highest BCUT2D eigenvalue weighted by Gasteiger charge is 2.26. The standard InChI is InChI=1S/C15H17ClN2O2/c1-20-15(19)9-12-4-2-3-7-18(12)14-6-5-11(10-17)8-13(14)16/h5-6,8,12H,2-4,7,9H2,1H3. The molecule has 106 valence electrons. The first kappa shape index (κ1) is 14.7. The van der Waals surface area contributed by atoms with Crippen molar-refractivity contribution in [3.8, 4) is 6.07 Å². The van der Waals surface area contributed by atoms with Crippen molar-refractivity contribution in [1.82, 2.24) is 0 Å². The molecule has 1 atom stereocenters. The van der Waals surface area contributed by atoms with Crippen molar-refractivity contribution in [2.45, 2.75) is 31.7 Å². The number of hydrogen-bond donors (Lipinski definition) is 0. The summed E-state index contributed by atoms with van der Waals surface area (Å²) in [6.45, 7) is 0.868. The number of nitriles is 1. The van der Waals surface area contributed by atoms with Gasteiger partial charge < -0.3 is 9.64 Å². The molecule has 0 aliphatic carbocycles. The Hall–Kier alpha value is -1.73. The third-order valence-corrected chi connectivity index (χ3v) is 3.95. The molecule has 4 nitrogen and oxygen atoms in total. The zero-order chi connectivity index (χ0) is 14.5. The molecule has 1 fully saturated rings. The van der Waals surface area contributed by atoms with Gasteiger partial charge in [-0.25, -0.2) is 0 Å². The molecule has 1 aromatic rings. The lowest BCUT2D eigenvalue weighted by atomic mass is 9.98. The number of benzene rings is 1. The van der Waals surface area contributed by atoms with Crippen LogP contribution in [0.25, 0.3) is 0 Å². The molecule has 0 spiro atoms. The summed E-state index contributed by atoms with van der Waals surface area (Å²) in [6.07, 6.45) is 3.50. The van der Waals surface area contributed by atoms with Crippen LogP contribution in [0.2, 0.25) is 5.02 Å². The molecular formula is C15H17ClN2O2. The van der Waals surface area contributed by atoms with E-state index >= 15 is 0 Å². The Morgan fingerprint density at radius 3 is 3.00 bits per heavy atom. The van der Waals surface area contributed by atoms with Crippen LogP contribution >= 0.6 is 11.6 Å². The number of ether oxygens (including phenoxy) is 1. The number of halogens is 1. The maximum Gasteiger partial charge on any atom is 0.307 e. The molecule has 0 bridgehead atoms. The third kappa shape index (κ3) is 3.23. The first-order chi connectivity index (χ1) is 9.65. The van der Waals surface area contributed by atoms with Gasteiger partial charge in [-0.2, -0.15) is 5.26 Å². The number of rotatable bonds is 3. The van der Waals surface area contributed by atoms with Crippen LogP contribution in [-0.4, -0.2) is 25.7 Å². The zero-order valence-electron chi connectivity index (χ0n) is 11.4. The summed E-state index contributed by atoms with van der Waals surface area (Å²) >= 11 is 6.27. The largest absolute Gasteiger partial charge is 0.469 e. The van der Waals surface area contributed by atoms with E-state index < -0.39 is 0 Å². The number of carbonyl (C=O) groups excluding carboxylic acids is 1. The summed E-state index contributed by atoms with van der Waals surface area (Å²) in [4.78, 5) is 13.7. The van der Waals surface area contributed by atoms with Crippen molar-refractivity contribution in [3.63, 3.8) is 0 Å². The monoisotopic (exact) mass is 292 g/mol. The molecule has 0 radical (unpaired) electrons. The van der Waals surface area contributed by atoms with E-state index in [0.717, 1.165) is 31.5 Å². The molecule has 5 heteroatoms. The molecule has 1 aliphatic heterocycles. The van der Waals surface area contributed by atoms with Crippen LogP contribution in [0.4, 0.5) is 5.69 Å². The van der Waals surface area contributed by atoms with Gasteiger partial charge in [0, 0.05) is 12.6 Å². The van der Waals surface area contributed by atoms with Gasteiger partial charge in [-0.1, -0.05) is 11.6 Å². The fourth-order valence-corrected chi connectivity index (χ4v) is 2.90. The molecular weight excluding hydrogens is 276 g/mol. The Morgan fingerprint density at radius 1 is 1.55 bits per heavy atom. The number of methoxy groups -OCH3 is 1. The fraction of sp³-hybridized carbons (Fsp3) is 0.467. The highest BCUT2D eigenvalue weighted by Crippen LogP contribution is 2.33. The van der Waals surface area contributed by atoms with E-state index in [-0.39, 0.29) is 12.0 Å². The van der Waals surface area contributed by atoms with Gasteiger partial charge in [-0.3, -0.25) is 4.79 Å². The molecule has 0 amide bonds. The summed E-state index contributed by atoms with van der Waals surface area (Å²) < 4.78 is 4.76. The minimum absolute atomic E-state index is 0.113. The second-order valence-electron chi connectivity index (χ2n) is 4.90. The van der Waals surface area contributed by atoms with Gasteiger partial charge >= 0.3 is 5.97 Å². The van der Waals surface area contributed by atoms with Crippen LogP contribution in [-0.2, 0) is 9.53 Å². The number of esters is 1. The highest BCUT2D eigenvalue weighted by atomic mass is 35.5. The Bertz CT molecular complexity index is 539. The lowest BCUT2D eigenvalue weighted by Gasteiger charge is -2.37. The zero-order valence-corrected chi connectivity index (χ0v) is 12.2. The fourth-order valence-electron chi connectivity index (χ4n) is 2.62. The van der Waals surface area contributed by atoms with E-state index in [1.807, 2.05) is 6.07 Å². The van der Waals surface area contributed by atoms with Crippen molar-refractivity contribution in [2.24, 2.45) is 0 Å². The first-order valence-corrected chi connectivity index (χ1v) is 7.06. The minimum atomic E-state index is -0.202. The van der Waals surface area contributed by atoms with Crippen LogP contribution in [0.3, 0.4) is 0 Å². The molecule has 0 N–H and O–H groups in total. The summed E-state index contributed by atoms with van der Waals surface area (Å²) in [7, 11) is 1.41. The average Bonchev–Trinajstić information content (AvgIpc) is 2.48. The second kappa shape index (κ2) is 6.62. The Balaban J connectivity index is 2.23. The normalized spacial score (nSPS) is 18.4. The van der Waals surface area contributed by atoms with Crippen molar-refractivity contribution in [3.05, 3.63) is 28.8 Å². The summed E-state index contributed by atoms with van der Waals surface area (Å²) in [5.41, 5.74) is 1.43. The number of hydrogen-bond acceptors (Lipinski definition) is 4. The van der Waals surface area contributed by atoms with E-state index in [1.165, 1.54) is 7.11 Å². The number of nitrogens with zero attached hydrogens (tertiary/aromatic N) is 2. The van der Waals surface area contributed by atoms with Gasteiger partial charge in [0.25, 0.3) is 0 Å². The topological polar surface area (TPSA) is 53.3 Å². The Labute approximate surface area is 123 Å². The molecule has 0 aromatic heterocycles. The van der Waals surface area contributed by atoms with E-state index in [1.54, 1.807) is 12.1 Å². The van der Waals surface area contributed by atoms with Crippen LogP contribution in [0.15, 0.2) is 18.2 Å². The summed E-state index contributed by atoms with van der Waals surface area (Å²) in [5.74, 6) is -0.202. The first-order valence-electron chi connectivity index (χ1n) is 6.69. The maximum absolute atomic E-state index is 11.5. The summed E-state index contributed by atoms with van der Waals surface area (Å²) in [5, 5.41) is 9.44. The molecule has 1 unspecified atom stereocenters. The number of anilines is 1. The van der Waals surface area contributed by atoms with Crippen LogP contribution < -0.4 is 4.90 Å². The van der Waals surface area contributed by atoms with Gasteiger partial charge in [0.2, 0.25) is 0 Å². The molecule has 20 heavy (non-hydrogen) atoms. The van der Waals surface area contributed by atoms with Gasteiger partial charge in [-0.15, -0.1) is 0 Å². The highest BCUT2D eigenvalue weighted by molar-refractivity contribution is 6.33. The predicted molar refractivity (Wildman–Crippen MR) is 77.8 cm³/mol. The smallest absolute Gasteiger partial charge is 0.307 e. The van der Waals surface area contributed by atoms with Crippen LogP contribution in [0.5, 0.6) is 0 Å². The second-order valence-corrected chi connectivity index (χ2v) is 5.31. The van der Waals surface area contributed by atoms with Crippen LogP contribution in [0, 0.1) is 11.3 Å². The predicted octanol–water partition coefficient (Wildman–Crippen LogP) is 3.13. The molecule has 1 aliphatic rings. The van der Waals surface area contributed by atoms with E-state index in [2.05, 4.69) is 11.0 Å². The average molecular weight is 293 g/mol. The molecule has 2 rings (SSSR count). The van der Waals surface area contributed by atoms with Crippen molar-refractivity contribution >= 4 is 23.3 Å².